The number of alkyl halides is 3. The lowest BCUT2D eigenvalue weighted by atomic mass is 10.0. The van der Waals surface area contributed by atoms with Gasteiger partial charge in [-0.1, -0.05) is 41.4 Å². The van der Waals surface area contributed by atoms with Crippen LogP contribution in [-0.2, 0) is 6.18 Å². The lowest BCUT2D eigenvalue weighted by molar-refractivity contribution is -0.140. The lowest BCUT2D eigenvalue weighted by Gasteiger charge is -2.08. The van der Waals surface area contributed by atoms with Gasteiger partial charge in [-0.3, -0.25) is 4.79 Å². The van der Waals surface area contributed by atoms with Crippen LogP contribution < -0.4 is 5.56 Å². The van der Waals surface area contributed by atoms with Crippen molar-refractivity contribution in [3.63, 3.8) is 0 Å². The van der Waals surface area contributed by atoms with Gasteiger partial charge in [0.15, 0.2) is 5.69 Å². The summed E-state index contributed by atoms with van der Waals surface area (Å²) >= 11 is 11.8. The largest absolute Gasteiger partial charge is 0.507 e. The van der Waals surface area contributed by atoms with Gasteiger partial charge < -0.3 is 10.1 Å². The van der Waals surface area contributed by atoms with E-state index in [1.54, 1.807) is 13.0 Å². The Hall–Kier alpha value is -2.97. The van der Waals surface area contributed by atoms with Crippen molar-refractivity contribution < 1.29 is 18.3 Å². The van der Waals surface area contributed by atoms with Crippen molar-refractivity contribution in [1.82, 2.24) is 14.6 Å². The Morgan fingerprint density at radius 3 is 2.43 bits per heavy atom. The summed E-state index contributed by atoms with van der Waals surface area (Å²) in [5, 5.41) is 13.9. The van der Waals surface area contributed by atoms with E-state index >= 15 is 0 Å². The predicted octanol–water partition coefficient (Wildman–Crippen LogP) is 5.70. The van der Waals surface area contributed by atoms with Crippen molar-refractivity contribution in [2.75, 3.05) is 0 Å². The number of aromatic amines is 1. The van der Waals surface area contributed by atoms with E-state index in [1.807, 2.05) is 0 Å². The minimum Gasteiger partial charge on any atom is -0.507 e. The molecule has 0 aliphatic carbocycles. The third kappa shape index (κ3) is 3.32. The van der Waals surface area contributed by atoms with Crippen molar-refractivity contribution >= 4 is 28.8 Å². The molecule has 0 atom stereocenters. The highest BCUT2D eigenvalue weighted by Gasteiger charge is 2.39. The van der Waals surface area contributed by atoms with Gasteiger partial charge in [0.1, 0.15) is 11.4 Å². The van der Waals surface area contributed by atoms with Crippen molar-refractivity contribution in [1.29, 1.82) is 0 Å². The molecule has 0 fully saturated rings. The van der Waals surface area contributed by atoms with Crippen LogP contribution in [-0.4, -0.2) is 19.7 Å². The molecule has 154 valence electrons. The van der Waals surface area contributed by atoms with Crippen LogP contribution >= 0.6 is 23.2 Å². The van der Waals surface area contributed by atoms with Crippen LogP contribution in [0, 0.1) is 6.92 Å². The first-order valence-corrected chi connectivity index (χ1v) is 9.30. The van der Waals surface area contributed by atoms with E-state index in [0.29, 0.717) is 4.52 Å². The van der Waals surface area contributed by atoms with E-state index in [0.717, 1.165) is 5.56 Å². The molecule has 0 amide bonds. The highest BCUT2D eigenvalue weighted by atomic mass is 35.5. The van der Waals surface area contributed by atoms with Crippen LogP contribution in [0.5, 0.6) is 5.75 Å². The first-order chi connectivity index (χ1) is 14.1. The maximum absolute atomic E-state index is 13.7. The standard InChI is InChI=1S/C20H12Cl2F3N3O2/c1-9-2-4-11(15(29)6-9)12-8-26-18-16(10-3-5-13(21)14(22)7-10)17(20(23,24)25)27-28(18)19(12)30/h2-8,26,29H,1H3. The molecule has 0 aliphatic heterocycles. The number of nitrogens with zero attached hydrogens (tertiary/aromatic N) is 2. The number of benzene rings is 2. The molecule has 0 saturated carbocycles. The Morgan fingerprint density at radius 2 is 1.80 bits per heavy atom. The van der Waals surface area contributed by atoms with Crippen LogP contribution in [0.3, 0.4) is 0 Å². The molecule has 0 radical (unpaired) electrons. The Bertz CT molecular complexity index is 1360. The Balaban J connectivity index is 2.04. The summed E-state index contributed by atoms with van der Waals surface area (Å²) in [5.74, 6) is -0.173. The zero-order valence-corrected chi connectivity index (χ0v) is 16.7. The van der Waals surface area contributed by atoms with E-state index in [2.05, 4.69) is 10.1 Å². The Kier molecular flexibility index (Phi) is 4.79. The maximum Gasteiger partial charge on any atom is 0.435 e. The van der Waals surface area contributed by atoms with Crippen LogP contribution in [0.15, 0.2) is 47.4 Å². The first-order valence-electron chi connectivity index (χ1n) is 8.55. The molecule has 4 rings (SSSR count). The first kappa shape index (κ1) is 20.3. The maximum atomic E-state index is 13.7. The molecule has 2 N–H and O–H groups in total. The quantitative estimate of drug-likeness (QED) is 0.409. The van der Waals surface area contributed by atoms with Crippen molar-refractivity contribution in [2.24, 2.45) is 0 Å². The van der Waals surface area contributed by atoms with Gasteiger partial charge in [0.25, 0.3) is 5.56 Å². The van der Waals surface area contributed by atoms with Gasteiger partial charge in [0, 0.05) is 11.8 Å². The average Bonchev–Trinajstić information content (AvgIpc) is 3.06. The Labute approximate surface area is 177 Å². The number of phenols is 1. The number of nitrogens with one attached hydrogen (secondary N) is 1. The third-order valence-electron chi connectivity index (χ3n) is 4.58. The third-order valence-corrected chi connectivity index (χ3v) is 5.32. The molecule has 0 bridgehead atoms. The number of hydrogen-bond acceptors (Lipinski definition) is 3. The summed E-state index contributed by atoms with van der Waals surface area (Å²) < 4.78 is 41.8. The van der Waals surface area contributed by atoms with Gasteiger partial charge >= 0.3 is 6.18 Å². The summed E-state index contributed by atoms with van der Waals surface area (Å²) in [5.41, 5.74) is -1.58. The number of aromatic hydroxyl groups is 1. The molecule has 0 spiro atoms. The minimum absolute atomic E-state index is 0.0306. The van der Waals surface area contributed by atoms with Crippen molar-refractivity contribution in [2.45, 2.75) is 13.1 Å². The minimum atomic E-state index is -4.83. The summed E-state index contributed by atoms with van der Waals surface area (Å²) in [6.07, 6.45) is -3.59. The molecular weight excluding hydrogens is 442 g/mol. The summed E-state index contributed by atoms with van der Waals surface area (Å²) in [7, 11) is 0. The van der Waals surface area contributed by atoms with Gasteiger partial charge in [-0.05, 0) is 36.2 Å². The number of aryl methyl sites for hydroxylation is 1. The van der Waals surface area contributed by atoms with Gasteiger partial charge in [0.2, 0.25) is 0 Å². The fourth-order valence-electron chi connectivity index (χ4n) is 3.20. The summed E-state index contributed by atoms with van der Waals surface area (Å²) in [6, 6.07) is 8.62. The molecule has 0 unspecified atom stereocenters. The zero-order chi connectivity index (χ0) is 21.8. The predicted molar refractivity (Wildman–Crippen MR) is 108 cm³/mol. The fraction of sp³-hybridized carbons (Fsp3) is 0.100. The summed E-state index contributed by atoms with van der Waals surface area (Å²) in [4.78, 5) is 15.7. The second kappa shape index (κ2) is 7.07. The van der Waals surface area contributed by atoms with E-state index in [9.17, 15) is 23.1 Å². The number of halogens is 5. The van der Waals surface area contributed by atoms with E-state index < -0.39 is 17.4 Å². The van der Waals surface area contributed by atoms with Crippen LogP contribution in [0.25, 0.3) is 27.9 Å². The molecule has 2 aromatic carbocycles. The fourth-order valence-corrected chi connectivity index (χ4v) is 3.50. The highest BCUT2D eigenvalue weighted by Crippen LogP contribution is 2.40. The zero-order valence-electron chi connectivity index (χ0n) is 15.2. The molecule has 0 aliphatic rings. The number of hydrogen-bond donors (Lipinski definition) is 2. The molecule has 5 nitrogen and oxygen atoms in total. The highest BCUT2D eigenvalue weighted by molar-refractivity contribution is 6.42. The SMILES string of the molecule is Cc1ccc(-c2c[nH]c3c(-c4ccc(Cl)c(Cl)c4)c(C(F)(F)F)nn3c2=O)c(O)c1. The van der Waals surface area contributed by atoms with Crippen molar-refractivity contribution in [3.05, 3.63) is 74.3 Å². The van der Waals surface area contributed by atoms with Gasteiger partial charge in [-0.15, -0.1) is 0 Å². The molecule has 4 aromatic rings. The topological polar surface area (TPSA) is 70.4 Å². The van der Waals surface area contributed by atoms with Crippen molar-refractivity contribution in [3.8, 4) is 28.0 Å². The number of rotatable bonds is 2. The van der Waals surface area contributed by atoms with Gasteiger partial charge in [0.05, 0.1) is 21.2 Å². The number of aromatic nitrogens is 3. The molecule has 10 heteroatoms. The summed E-state index contributed by atoms with van der Waals surface area (Å²) in [6.45, 7) is 1.75. The van der Waals surface area contributed by atoms with E-state index in [-0.39, 0.29) is 43.7 Å². The molecule has 2 heterocycles. The second-order valence-electron chi connectivity index (χ2n) is 6.64. The Morgan fingerprint density at radius 1 is 1.07 bits per heavy atom. The monoisotopic (exact) mass is 453 g/mol. The number of H-pyrrole nitrogens is 1. The lowest BCUT2D eigenvalue weighted by Crippen LogP contribution is -2.18. The molecule has 30 heavy (non-hydrogen) atoms. The normalized spacial score (nSPS) is 11.9. The molecule has 0 saturated heterocycles. The molecule has 2 aromatic heterocycles. The number of phenolic OH excluding ortho intramolecular Hbond substituents is 1. The smallest absolute Gasteiger partial charge is 0.435 e. The van der Waals surface area contributed by atoms with Crippen LogP contribution in [0.1, 0.15) is 11.3 Å². The molecular formula is C20H12Cl2F3N3O2. The van der Waals surface area contributed by atoms with Crippen LogP contribution in [0.4, 0.5) is 13.2 Å². The van der Waals surface area contributed by atoms with Gasteiger partial charge in [-0.2, -0.15) is 22.8 Å². The van der Waals surface area contributed by atoms with E-state index in [4.69, 9.17) is 23.2 Å². The average molecular weight is 454 g/mol. The van der Waals surface area contributed by atoms with Crippen LogP contribution in [0.2, 0.25) is 10.0 Å². The second-order valence-corrected chi connectivity index (χ2v) is 7.45. The van der Waals surface area contributed by atoms with Gasteiger partial charge in [-0.25, -0.2) is 0 Å². The van der Waals surface area contributed by atoms with E-state index in [1.165, 1.54) is 36.5 Å². The number of fused-ring (bicyclic) bond motifs is 1.